The van der Waals surface area contributed by atoms with Gasteiger partial charge in [-0.2, -0.15) is 0 Å². The first-order chi connectivity index (χ1) is 16.0. The third-order valence-electron chi connectivity index (χ3n) is 9.16. The first-order valence-electron chi connectivity index (χ1n) is 12.7. The molecule has 4 rings (SSSR count). The minimum atomic E-state index is -2.52. The van der Waals surface area contributed by atoms with Crippen LogP contribution in [0.2, 0.25) is 0 Å². The van der Waals surface area contributed by atoms with E-state index >= 15 is 0 Å². The standard InChI is InChI=1S/C25H33ClO6/c1-5-21(30)32-13-20(29)25(31)14(2)10-18-17-7-6-15-11-16(27)8-9-22(15,3)24(17,26)19(28)12-23(18,25)4/h8-9,11,14,17-19,28,31H,5-7,10,12-13H2,1-4H3/t14-,17-,18-,19-,22-,23-,24-,25-/m0/s1/i1D3. The Morgan fingerprint density at radius 1 is 1.34 bits per heavy atom. The first-order valence-corrected chi connectivity index (χ1v) is 11.6. The number of aliphatic hydroxyl groups is 2. The van der Waals surface area contributed by atoms with Gasteiger partial charge in [0.1, 0.15) is 5.60 Å². The van der Waals surface area contributed by atoms with Crippen molar-refractivity contribution in [2.75, 3.05) is 6.61 Å². The van der Waals surface area contributed by atoms with Crippen molar-refractivity contribution in [2.45, 2.75) is 76.3 Å². The monoisotopic (exact) mass is 467 g/mol. The van der Waals surface area contributed by atoms with E-state index in [0.29, 0.717) is 19.3 Å². The molecular formula is C25H33ClO6. The Morgan fingerprint density at radius 2 is 2.06 bits per heavy atom. The zero-order valence-electron chi connectivity index (χ0n) is 21.7. The molecule has 0 saturated heterocycles. The summed E-state index contributed by atoms with van der Waals surface area (Å²) in [6.45, 7) is 2.24. The van der Waals surface area contributed by atoms with Crippen molar-refractivity contribution in [3.63, 3.8) is 0 Å². The van der Waals surface area contributed by atoms with Crippen molar-refractivity contribution in [1.82, 2.24) is 0 Å². The molecule has 0 aliphatic heterocycles. The number of ether oxygens (including phenoxy) is 1. The lowest BCUT2D eigenvalue weighted by Crippen LogP contribution is -2.69. The van der Waals surface area contributed by atoms with E-state index in [1.165, 1.54) is 6.08 Å². The molecule has 3 saturated carbocycles. The Bertz CT molecular complexity index is 1020. The van der Waals surface area contributed by atoms with Gasteiger partial charge in [0.25, 0.3) is 0 Å². The Labute approximate surface area is 198 Å². The fourth-order valence-corrected chi connectivity index (χ4v) is 7.97. The van der Waals surface area contributed by atoms with E-state index in [-0.39, 0.29) is 24.0 Å². The first kappa shape index (κ1) is 19.9. The molecule has 8 atom stereocenters. The van der Waals surface area contributed by atoms with Crippen LogP contribution >= 0.6 is 11.6 Å². The summed E-state index contributed by atoms with van der Waals surface area (Å²) in [5, 5.41) is 23.4. The lowest BCUT2D eigenvalue weighted by molar-refractivity contribution is -0.182. The summed E-state index contributed by atoms with van der Waals surface area (Å²) in [7, 11) is 0. The number of fused-ring (bicyclic) bond motifs is 5. The minimum Gasteiger partial charge on any atom is -0.458 e. The van der Waals surface area contributed by atoms with Crippen molar-refractivity contribution < 1.29 is 33.4 Å². The fourth-order valence-electron chi connectivity index (χ4n) is 7.45. The van der Waals surface area contributed by atoms with Crippen LogP contribution in [0.15, 0.2) is 23.8 Å². The highest BCUT2D eigenvalue weighted by atomic mass is 35.5. The minimum absolute atomic E-state index is 0.0537. The van der Waals surface area contributed by atoms with E-state index in [4.69, 9.17) is 20.5 Å². The molecule has 176 valence electrons. The summed E-state index contributed by atoms with van der Waals surface area (Å²) in [6.07, 6.45) is 4.75. The van der Waals surface area contributed by atoms with Gasteiger partial charge in [-0.3, -0.25) is 14.4 Å². The van der Waals surface area contributed by atoms with E-state index in [9.17, 15) is 24.6 Å². The van der Waals surface area contributed by atoms with E-state index in [2.05, 4.69) is 0 Å². The molecule has 7 heteroatoms. The lowest BCUT2D eigenvalue weighted by Gasteiger charge is -2.63. The molecule has 0 bridgehead atoms. The second kappa shape index (κ2) is 7.51. The van der Waals surface area contributed by atoms with E-state index in [1.54, 1.807) is 26.0 Å². The van der Waals surface area contributed by atoms with Gasteiger partial charge in [0.15, 0.2) is 12.4 Å². The van der Waals surface area contributed by atoms with Gasteiger partial charge in [-0.25, -0.2) is 0 Å². The topological polar surface area (TPSA) is 101 Å². The molecule has 0 amide bonds. The Hall–Kier alpha value is -1.50. The number of Topliss-reactive ketones (excluding diaryl/α,β-unsaturated/α-hetero) is 1. The highest BCUT2D eigenvalue weighted by molar-refractivity contribution is 6.26. The molecule has 0 aromatic heterocycles. The van der Waals surface area contributed by atoms with Crippen LogP contribution in [0.25, 0.3) is 0 Å². The number of halogens is 1. The predicted octanol–water partition coefficient (Wildman–Crippen LogP) is 3.13. The zero-order chi connectivity index (χ0) is 26.2. The predicted molar refractivity (Wildman–Crippen MR) is 119 cm³/mol. The zero-order valence-corrected chi connectivity index (χ0v) is 19.4. The molecule has 0 spiro atoms. The highest BCUT2D eigenvalue weighted by Gasteiger charge is 2.74. The van der Waals surface area contributed by atoms with Gasteiger partial charge in [-0.1, -0.05) is 39.3 Å². The molecule has 0 radical (unpaired) electrons. The summed E-state index contributed by atoms with van der Waals surface area (Å²) < 4.78 is 26.5. The number of carbonyl (C=O) groups is 3. The third-order valence-corrected chi connectivity index (χ3v) is 10.1. The molecule has 4 aliphatic rings. The average molecular weight is 468 g/mol. The van der Waals surface area contributed by atoms with Crippen molar-refractivity contribution in [1.29, 1.82) is 0 Å². The Balaban J connectivity index is 1.64. The molecule has 0 aromatic rings. The molecule has 2 N–H and O–H groups in total. The molecule has 0 aromatic carbocycles. The van der Waals surface area contributed by atoms with Gasteiger partial charge in [-0.15, -0.1) is 11.6 Å². The van der Waals surface area contributed by atoms with Crippen LogP contribution in [0, 0.1) is 28.6 Å². The number of aliphatic hydroxyl groups excluding tert-OH is 1. The van der Waals surface area contributed by atoms with Crippen LogP contribution in [0.1, 0.15) is 63.8 Å². The van der Waals surface area contributed by atoms with Crippen LogP contribution in [-0.2, 0) is 19.1 Å². The molecule has 0 unspecified atom stereocenters. The number of carbonyl (C=O) groups excluding carboxylic acids is 3. The third kappa shape index (κ3) is 2.82. The molecular weight excluding hydrogens is 432 g/mol. The Kier molecular flexibility index (Phi) is 4.67. The molecule has 32 heavy (non-hydrogen) atoms. The van der Waals surface area contributed by atoms with Crippen LogP contribution in [-0.4, -0.2) is 50.9 Å². The number of ketones is 2. The number of hydrogen-bond donors (Lipinski definition) is 2. The summed E-state index contributed by atoms with van der Waals surface area (Å²) >= 11 is 7.36. The lowest BCUT2D eigenvalue weighted by atomic mass is 9.45. The average Bonchev–Trinajstić information content (AvgIpc) is 2.94. The van der Waals surface area contributed by atoms with Crippen LogP contribution in [0.3, 0.4) is 0 Å². The van der Waals surface area contributed by atoms with Gasteiger partial charge in [0.05, 0.1) is 11.0 Å². The van der Waals surface area contributed by atoms with Crippen molar-refractivity contribution in [3.8, 4) is 0 Å². The maximum absolute atomic E-state index is 13.3. The van der Waals surface area contributed by atoms with E-state index in [0.717, 1.165) is 5.57 Å². The van der Waals surface area contributed by atoms with Crippen molar-refractivity contribution in [2.24, 2.45) is 28.6 Å². The molecule has 3 fully saturated rings. The summed E-state index contributed by atoms with van der Waals surface area (Å²) in [4.78, 5) is 36.1. The summed E-state index contributed by atoms with van der Waals surface area (Å²) in [6, 6.07) is 0. The molecule has 0 heterocycles. The van der Waals surface area contributed by atoms with Crippen LogP contribution in [0.4, 0.5) is 0 Å². The quantitative estimate of drug-likeness (QED) is 0.486. The van der Waals surface area contributed by atoms with Gasteiger partial charge in [0, 0.05) is 21.4 Å². The number of esters is 1. The number of hydrogen-bond acceptors (Lipinski definition) is 6. The summed E-state index contributed by atoms with van der Waals surface area (Å²) in [5.41, 5.74) is -2.77. The number of allylic oxidation sites excluding steroid dienone is 4. The molecule has 4 aliphatic carbocycles. The second-order valence-corrected chi connectivity index (χ2v) is 11.1. The second-order valence-electron chi connectivity index (χ2n) is 10.4. The maximum atomic E-state index is 13.3. The fraction of sp³-hybridized carbons (Fsp3) is 0.720. The SMILES string of the molecule is [2H]C([2H])([2H])CC(=O)OCC(=O)[C@@]1(O)[C@@H](C)C[C@H]2[C@@H]3CCC4=CC(=O)C=C[C@]4(C)[C@@]3(Cl)[C@@H](O)C[C@@]21C. The van der Waals surface area contributed by atoms with Gasteiger partial charge in [-0.05, 0) is 55.6 Å². The van der Waals surface area contributed by atoms with Gasteiger partial charge in [0.2, 0.25) is 5.78 Å². The van der Waals surface area contributed by atoms with Crippen LogP contribution < -0.4 is 0 Å². The van der Waals surface area contributed by atoms with Crippen molar-refractivity contribution in [3.05, 3.63) is 23.8 Å². The van der Waals surface area contributed by atoms with Crippen LogP contribution in [0.5, 0.6) is 0 Å². The largest absolute Gasteiger partial charge is 0.458 e. The summed E-state index contributed by atoms with van der Waals surface area (Å²) in [5.74, 6) is -2.76. The van der Waals surface area contributed by atoms with Gasteiger partial charge < -0.3 is 14.9 Å². The normalized spacial score (nSPS) is 49.0. The maximum Gasteiger partial charge on any atom is 0.305 e. The van der Waals surface area contributed by atoms with Crippen molar-refractivity contribution >= 4 is 29.1 Å². The number of rotatable bonds is 4. The Morgan fingerprint density at radius 3 is 2.75 bits per heavy atom. The smallest absolute Gasteiger partial charge is 0.305 e. The molecule has 6 nitrogen and oxygen atoms in total. The van der Waals surface area contributed by atoms with E-state index < -0.39 is 65.0 Å². The van der Waals surface area contributed by atoms with E-state index in [1.807, 2.05) is 6.92 Å². The number of alkyl halides is 1. The highest BCUT2D eigenvalue weighted by Crippen LogP contribution is 2.71. The van der Waals surface area contributed by atoms with Gasteiger partial charge >= 0.3 is 5.97 Å².